The van der Waals surface area contributed by atoms with Crippen LogP contribution in [0.5, 0.6) is 0 Å². The summed E-state index contributed by atoms with van der Waals surface area (Å²) >= 11 is 1.84. The number of nitrogen functional groups attached to an aromatic ring is 1. The Morgan fingerprint density at radius 1 is 1.50 bits per heavy atom. The Labute approximate surface area is 90.3 Å². The molecular weight excluding hydrogens is 192 g/mol. The van der Waals surface area contributed by atoms with Crippen LogP contribution in [0, 0.1) is 6.92 Å². The van der Waals surface area contributed by atoms with Crippen molar-refractivity contribution in [3.63, 3.8) is 0 Å². The van der Waals surface area contributed by atoms with Crippen molar-refractivity contribution in [2.45, 2.75) is 19.9 Å². The molecule has 1 rings (SSSR count). The Hall–Kier alpha value is -0.830. The zero-order valence-electron chi connectivity index (χ0n) is 9.00. The van der Waals surface area contributed by atoms with Crippen molar-refractivity contribution in [1.82, 2.24) is 0 Å². The molecule has 0 aromatic heterocycles. The van der Waals surface area contributed by atoms with Crippen molar-refractivity contribution in [3.05, 3.63) is 23.8 Å². The van der Waals surface area contributed by atoms with E-state index in [0.29, 0.717) is 6.04 Å². The fraction of sp³-hybridized carbons (Fsp3) is 0.455. The summed E-state index contributed by atoms with van der Waals surface area (Å²) in [7, 11) is 0. The zero-order chi connectivity index (χ0) is 10.6. The molecule has 0 saturated carbocycles. The molecule has 0 aliphatic carbocycles. The Morgan fingerprint density at radius 2 is 2.21 bits per heavy atom. The second kappa shape index (κ2) is 5.15. The molecule has 0 aliphatic rings. The largest absolute Gasteiger partial charge is 0.397 e. The van der Waals surface area contributed by atoms with Gasteiger partial charge in [0.15, 0.2) is 0 Å². The van der Waals surface area contributed by atoms with Gasteiger partial charge in [0.2, 0.25) is 0 Å². The molecule has 0 aliphatic heterocycles. The molecule has 0 saturated heterocycles. The average Bonchev–Trinajstić information content (AvgIpc) is 2.12. The van der Waals surface area contributed by atoms with E-state index in [-0.39, 0.29) is 0 Å². The lowest BCUT2D eigenvalue weighted by atomic mass is 10.2. The number of nitrogens with one attached hydrogen (secondary N) is 1. The molecule has 0 bridgehead atoms. The van der Waals surface area contributed by atoms with E-state index >= 15 is 0 Å². The van der Waals surface area contributed by atoms with Gasteiger partial charge in [0.05, 0.1) is 11.4 Å². The number of hydrogen-bond donors (Lipinski definition) is 2. The van der Waals surface area contributed by atoms with Crippen LogP contribution in [-0.2, 0) is 0 Å². The first-order valence-electron chi connectivity index (χ1n) is 4.75. The summed E-state index contributed by atoms with van der Waals surface area (Å²) in [5, 5.41) is 3.41. The summed E-state index contributed by atoms with van der Waals surface area (Å²) in [4.78, 5) is 0. The molecule has 1 unspecified atom stereocenters. The quantitative estimate of drug-likeness (QED) is 0.750. The molecule has 78 valence electrons. The normalized spacial score (nSPS) is 12.5. The summed E-state index contributed by atoms with van der Waals surface area (Å²) in [5.41, 5.74) is 8.97. The maximum Gasteiger partial charge on any atom is 0.0578 e. The average molecular weight is 210 g/mol. The first-order chi connectivity index (χ1) is 6.63. The second-order valence-electron chi connectivity index (χ2n) is 3.59. The van der Waals surface area contributed by atoms with Crippen LogP contribution in [0.3, 0.4) is 0 Å². The van der Waals surface area contributed by atoms with E-state index in [4.69, 9.17) is 5.73 Å². The molecule has 14 heavy (non-hydrogen) atoms. The molecule has 0 spiro atoms. The fourth-order valence-electron chi connectivity index (χ4n) is 1.35. The van der Waals surface area contributed by atoms with Crippen molar-refractivity contribution < 1.29 is 0 Å². The first kappa shape index (κ1) is 11.2. The van der Waals surface area contributed by atoms with Crippen LogP contribution in [0.1, 0.15) is 12.5 Å². The van der Waals surface area contributed by atoms with Crippen molar-refractivity contribution in [3.8, 4) is 0 Å². The summed E-state index contributed by atoms with van der Waals surface area (Å²) in [6.07, 6.45) is 2.11. The first-order valence-corrected chi connectivity index (χ1v) is 6.14. The second-order valence-corrected chi connectivity index (χ2v) is 4.50. The van der Waals surface area contributed by atoms with Gasteiger partial charge < -0.3 is 11.1 Å². The molecule has 0 heterocycles. The van der Waals surface area contributed by atoms with Crippen molar-refractivity contribution in [2.75, 3.05) is 23.1 Å². The highest BCUT2D eigenvalue weighted by Gasteiger charge is 2.03. The molecule has 3 N–H and O–H groups in total. The van der Waals surface area contributed by atoms with Crippen LogP contribution in [0.15, 0.2) is 18.2 Å². The molecular formula is C11H18N2S. The van der Waals surface area contributed by atoms with E-state index in [1.54, 1.807) is 0 Å². The summed E-state index contributed by atoms with van der Waals surface area (Å²) < 4.78 is 0. The highest BCUT2D eigenvalue weighted by atomic mass is 32.2. The number of thioether (sulfide) groups is 1. The minimum absolute atomic E-state index is 0.453. The number of nitrogens with two attached hydrogens (primary N) is 1. The summed E-state index contributed by atoms with van der Waals surface area (Å²) in [5.74, 6) is 1.09. The fourth-order valence-corrected chi connectivity index (χ4v) is 1.94. The third kappa shape index (κ3) is 3.14. The third-order valence-corrected chi connectivity index (χ3v) is 2.86. The Kier molecular flexibility index (Phi) is 4.14. The van der Waals surface area contributed by atoms with Gasteiger partial charge in [0, 0.05) is 11.8 Å². The summed E-state index contributed by atoms with van der Waals surface area (Å²) in [6.45, 7) is 4.24. The van der Waals surface area contributed by atoms with E-state index in [2.05, 4.69) is 31.5 Å². The SMILES string of the molecule is CSCC(C)Nc1cc(C)ccc1N. The van der Waals surface area contributed by atoms with Gasteiger partial charge in [-0.2, -0.15) is 11.8 Å². The van der Waals surface area contributed by atoms with Gasteiger partial charge >= 0.3 is 0 Å². The molecule has 3 heteroatoms. The number of benzene rings is 1. The van der Waals surface area contributed by atoms with Gasteiger partial charge in [0.25, 0.3) is 0 Å². The highest BCUT2D eigenvalue weighted by Crippen LogP contribution is 2.20. The van der Waals surface area contributed by atoms with E-state index in [1.165, 1.54) is 5.56 Å². The Balaban J connectivity index is 2.70. The van der Waals surface area contributed by atoms with Crippen molar-refractivity contribution in [2.24, 2.45) is 0 Å². The smallest absolute Gasteiger partial charge is 0.0578 e. The molecule has 0 fully saturated rings. The number of anilines is 2. The maximum atomic E-state index is 5.86. The van der Waals surface area contributed by atoms with Crippen LogP contribution < -0.4 is 11.1 Å². The lowest BCUT2D eigenvalue weighted by molar-refractivity contribution is 0.915. The van der Waals surface area contributed by atoms with E-state index in [9.17, 15) is 0 Å². The van der Waals surface area contributed by atoms with Gasteiger partial charge in [-0.25, -0.2) is 0 Å². The third-order valence-electron chi connectivity index (χ3n) is 2.03. The van der Waals surface area contributed by atoms with Crippen molar-refractivity contribution in [1.29, 1.82) is 0 Å². The number of aryl methyl sites for hydroxylation is 1. The van der Waals surface area contributed by atoms with Gasteiger partial charge in [-0.3, -0.25) is 0 Å². The number of rotatable bonds is 4. The van der Waals surface area contributed by atoms with Crippen LogP contribution in [0.4, 0.5) is 11.4 Å². The van der Waals surface area contributed by atoms with Gasteiger partial charge in [-0.15, -0.1) is 0 Å². The van der Waals surface area contributed by atoms with E-state index < -0.39 is 0 Å². The standard InChI is InChI=1S/C11H18N2S/c1-8-4-5-10(12)11(6-8)13-9(2)7-14-3/h4-6,9,13H,7,12H2,1-3H3. The molecule has 0 radical (unpaired) electrons. The lowest BCUT2D eigenvalue weighted by Gasteiger charge is -2.16. The van der Waals surface area contributed by atoms with E-state index in [0.717, 1.165) is 17.1 Å². The lowest BCUT2D eigenvalue weighted by Crippen LogP contribution is -2.18. The van der Waals surface area contributed by atoms with Gasteiger partial charge in [-0.05, 0) is 37.8 Å². The Morgan fingerprint density at radius 3 is 2.86 bits per heavy atom. The monoisotopic (exact) mass is 210 g/mol. The van der Waals surface area contributed by atoms with E-state index in [1.807, 2.05) is 23.9 Å². The molecule has 2 nitrogen and oxygen atoms in total. The maximum absolute atomic E-state index is 5.86. The van der Waals surface area contributed by atoms with Crippen LogP contribution in [0.25, 0.3) is 0 Å². The predicted octanol–water partition coefficient (Wildman–Crippen LogP) is 2.74. The van der Waals surface area contributed by atoms with Crippen molar-refractivity contribution >= 4 is 23.1 Å². The minimum Gasteiger partial charge on any atom is -0.397 e. The van der Waals surface area contributed by atoms with Crippen LogP contribution in [0.2, 0.25) is 0 Å². The molecule has 1 aromatic rings. The molecule has 1 aromatic carbocycles. The topological polar surface area (TPSA) is 38.0 Å². The minimum atomic E-state index is 0.453. The predicted molar refractivity (Wildman–Crippen MR) is 67.1 cm³/mol. The summed E-state index contributed by atoms with van der Waals surface area (Å²) in [6, 6.07) is 6.52. The number of hydrogen-bond acceptors (Lipinski definition) is 3. The zero-order valence-corrected chi connectivity index (χ0v) is 9.82. The highest BCUT2D eigenvalue weighted by molar-refractivity contribution is 7.98. The molecule has 1 atom stereocenters. The van der Waals surface area contributed by atoms with Gasteiger partial charge in [0.1, 0.15) is 0 Å². The molecule has 0 amide bonds. The Bertz CT molecular complexity index is 299. The van der Waals surface area contributed by atoms with Crippen LogP contribution in [-0.4, -0.2) is 18.1 Å². The van der Waals surface area contributed by atoms with Crippen LogP contribution >= 0.6 is 11.8 Å². The van der Waals surface area contributed by atoms with Gasteiger partial charge in [-0.1, -0.05) is 6.07 Å².